The SMILES string of the molecule is O=C(NC1CCOC1)C(F)F. The summed E-state index contributed by atoms with van der Waals surface area (Å²) in [6.45, 7) is 0.882. The van der Waals surface area contributed by atoms with Crippen molar-refractivity contribution in [1.82, 2.24) is 5.32 Å². The molecule has 1 heterocycles. The lowest BCUT2D eigenvalue weighted by Gasteiger charge is -2.08. The molecular formula is C6H9F2NO2. The molecule has 0 bridgehead atoms. The zero-order valence-electron chi connectivity index (χ0n) is 5.85. The van der Waals surface area contributed by atoms with Crippen molar-refractivity contribution < 1.29 is 18.3 Å². The zero-order chi connectivity index (χ0) is 8.27. The summed E-state index contributed by atoms with van der Waals surface area (Å²) in [4.78, 5) is 10.4. The van der Waals surface area contributed by atoms with E-state index in [-0.39, 0.29) is 6.04 Å². The third kappa shape index (κ3) is 2.42. The van der Waals surface area contributed by atoms with Crippen LogP contribution in [0.4, 0.5) is 8.78 Å². The van der Waals surface area contributed by atoms with Crippen LogP contribution in [0.25, 0.3) is 0 Å². The molecule has 0 aromatic carbocycles. The van der Waals surface area contributed by atoms with Crippen molar-refractivity contribution >= 4 is 5.91 Å². The minimum absolute atomic E-state index is 0.225. The summed E-state index contributed by atoms with van der Waals surface area (Å²) < 4.78 is 28.1. The highest BCUT2D eigenvalue weighted by Crippen LogP contribution is 2.04. The third-order valence-corrected chi connectivity index (χ3v) is 1.47. The molecule has 1 aliphatic heterocycles. The van der Waals surface area contributed by atoms with Crippen LogP contribution in [0.2, 0.25) is 0 Å². The first kappa shape index (κ1) is 8.39. The molecule has 1 atom stereocenters. The standard InChI is InChI=1S/C6H9F2NO2/c7-5(8)6(10)9-4-1-2-11-3-4/h4-5H,1-3H2,(H,9,10). The number of nitrogens with one attached hydrogen (secondary N) is 1. The molecule has 5 heteroatoms. The molecule has 64 valence electrons. The molecule has 1 aliphatic rings. The molecule has 3 nitrogen and oxygen atoms in total. The number of carbonyl (C=O) groups is 1. The monoisotopic (exact) mass is 165 g/mol. The van der Waals surface area contributed by atoms with E-state index in [1.807, 2.05) is 0 Å². The highest BCUT2D eigenvalue weighted by molar-refractivity contribution is 5.79. The molecule has 1 fully saturated rings. The number of carbonyl (C=O) groups excluding carboxylic acids is 1. The van der Waals surface area contributed by atoms with Crippen LogP contribution in [0.3, 0.4) is 0 Å². The van der Waals surface area contributed by atoms with Gasteiger partial charge in [-0.1, -0.05) is 0 Å². The second kappa shape index (κ2) is 3.61. The van der Waals surface area contributed by atoms with Crippen LogP contribution >= 0.6 is 0 Å². The van der Waals surface area contributed by atoms with Gasteiger partial charge >= 0.3 is 6.43 Å². The smallest absolute Gasteiger partial charge is 0.315 e. The van der Waals surface area contributed by atoms with Crippen LogP contribution in [0, 0.1) is 0 Å². The number of amides is 1. The normalized spacial score (nSPS) is 24.1. The predicted octanol–water partition coefficient (Wildman–Crippen LogP) is 0.157. The highest BCUT2D eigenvalue weighted by atomic mass is 19.3. The van der Waals surface area contributed by atoms with E-state index in [2.05, 4.69) is 5.32 Å². The fraction of sp³-hybridized carbons (Fsp3) is 0.833. The maximum absolute atomic E-state index is 11.6. The second-order valence-electron chi connectivity index (χ2n) is 2.37. The Morgan fingerprint density at radius 1 is 1.64 bits per heavy atom. The van der Waals surface area contributed by atoms with E-state index in [4.69, 9.17) is 4.74 Å². The van der Waals surface area contributed by atoms with Gasteiger partial charge in [0.1, 0.15) is 0 Å². The molecular weight excluding hydrogens is 156 g/mol. The van der Waals surface area contributed by atoms with Crippen LogP contribution in [0.15, 0.2) is 0 Å². The van der Waals surface area contributed by atoms with Gasteiger partial charge in [-0.15, -0.1) is 0 Å². The van der Waals surface area contributed by atoms with E-state index in [1.165, 1.54) is 0 Å². The minimum atomic E-state index is -2.92. The summed E-state index contributed by atoms with van der Waals surface area (Å²) in [5.41, 5.74) is 0. The second-order valence-corrected chi connectivity index (χ2v) is 2.37. The van der Waals surface area contributed by atoms with E-state index in [1.54, 1.807) is 0 Å². The lowest BCUT2D eigenvalue weighted by Crippen LogP contribution is -2.38. The fourth-order valence-electron chi connectivity index (χ4n) is 0.913. The van der Waals surface area contributed by atoms with E-state index in [9.17, 15) is 13.6 Å². The van der Waals surface area contributed by atoms with Gasteiger partial charge in [-0.05, 0) is 6.42 Å². The van der Waals surface area contributed by atoms with Crippen LogP contribution < -0.4 is 5.32 Å². The molecule has 0 saturated carbocycles. The van der Waals surface area contributed by atoms with E-state index >= 15 is 0 Å². The first-order chi connectivity index (χ1) is 5.20. The van der Waals surface area contributed by atoms with Crippen molar-refractivity contribution in [2.45, 2.75) is 18.9 Å². The van der Waals surface area contributed by atoms with Gasteiger partial charge in [-0.3, -0.25) is 4.79 Å². The molecule has 1 rings (SSSR count). The third-order valence-electron chi connectivity index (χ3n) is 1.47. The molecule has 1 saturated heterocycles. The lowest BCUT2D eigenvalue weighted by atomic mass is 10.2. The van der Waals surface area contributed by atoms with Crippen LogP contribution in [-0.2, 0) is 9.53 Å². The van der Waals surface area contributed by atoms with Gasteiger partial charge in [0.05, 0.1) is 12.6 Å². The first-order valence-electron chi connectivity index (χ1n) is 3.36. The first-order valence-corrected chi connectivity index (χ1v) is 3.36. The maximum atomic E-state index is 11.6. The van der Waals surface area contributed by atoms with Crippen LogP contribution in [0.1, 0.15) is 6.42 Å². The average molecular weight is 165 g/mol. The van der Waals surface area contributed by atoms with Crippen molar-refractivity contribution in [3.8, 4) is 0 Å². The number of hydrogen-bond acceptors (Lipinski definition) is 2. The van der Waals surface area contributed by atoms with Gasteiger partial charge < -0.3 is 10.1 Å². The molecule has 1 amide bonds. The quantitative estimate of drug-likeness (QED) is 0.632. The van der Waals surface area contributed by atoms with Crippen LogP contribution in [-0.4, -0.2) is 31.6 Å². The Kier molecular flexibility index (Phi) is 2.76. The number of hydrogen-bond donors (Lipinski definition) is 1. The number of rotatable bonds is 2. The van der Waals surface area contributed by atoms with Gasteiger partial charge in [0, 0.05) is 6.61 Å². The Labute approximate surface area is 62.7 Å². The van der Waals surface area contributed by atoms with Gasteiger partial charge in [-0.2, -0.15) is 8.78 Å². The summed E-state index contributed by atoms with van der Waals surface area (Å²) >= 11 is 0. The fourth-order valence-corrected chi connectivity index (χ4v) is 0.913. The summed E-state index contributed by atoms with van der Waals surface area (Å²) in [6.07, 6.45) is -2.30. The molecule has 0 spiro atoms. The van der Waals surface area contributed by atoms with E-state index in [0.29, 0.717) is 19.6 Å². The Balaban J connectivity index is 2.24. The average Bonchev–Trinajstić information content (AvgIpc) is 2.39. The number of halogens is 2. The minimum Gasteiger partial charge on any atom is -0.379 e. The van der Waals surface area contributed by atoms with Crippen molar-refractivity contribution in [3.05, 3.63) is 0 Å². The number of ether oxygens (including phenoxy) is 1. The molecule has 0 radical (unpaired) electrons. The molecule has 0 aromatic heterocycles. The van der Waals surface area contributed by atoms with Gasteiger partial charge in [-0.25, -0.2) is 0 Å². The molecule has 1 unspecified atom stereocenters. The molecule has 0 aromatic rings. The molecule has 1 N–H and O–H groups in total. The van der Waals surface area contributed by atoms with Crippen LogP contribution in [0.5, 0.6) is 0 Å². The predicted molar refractivity (Wildman–Crippen MR) is 33.4 cm³/mol. The largest absolute Gasteiger partial charge is 0.379 e. The highest BCUT2D eigenvalue weighted by Gasteiger charge is 2.22. The van der Waals surface area contributed by atoms with E-state index < -0.39 is 12.3 Å². The van der Waals surface area contributed by atoms with Crippen molar-refractivity contribution in [2.75, 3.05) is 13.2 Å². The molecule has 0 aliphatic carbocycles. The maximum Gasteiger partial charge on any atom is 0.315 e. The van der Waals surface area contributed by atoms with Gasteiger partial charge in [0.15, 0.2) is 0 Å². The Morgan fingerprint density at radius 2 is 2.36 bits per heavy atom. The van der Waals surface area contributed by atoms with Crippen molar-refractivity contribution in [2.24, 2.45) is 0 Å². The van der Waals surface area contributed by atoms with E-state index in [0.717, 1.165) is 0 Å². The van der Waals surface area contributed by atoms with Crippen molar-refractivity contribution in [1.29, 1.82) is 0 Å². The zero-order valence-corrected chi connectivity index (χ0v) is 5.85. The Morgan fingerprint density at radius 3 is 2.82 bits per heavy atom. The van der Waals surface area contributed by atoms with Gasteiger partial charge in [0.25, 0.3) is 5.91 Å². The number of alkyl halides is 2. The summed E-state index contributed by atoms with van der Waals surface area (Å²) in [5.74, 6) is -1.21. The summed E-state index contributed by atoms with van der Waals surface area (Å²) in [6, 6.07) is -0.225. The summed E-state index contributed by atoms with van der Waals surface area (Å²) in [7, 11) is 0. The Bertz CT molecular complexity index is 146. The lowest BCUT2D eigenvalue weighted by molar-refractivity contribution is -0.132. The van der Waals surface area contributed by atoms with Crippen molar-refractivity contribution in [3.63, 3.8) is 0 Å². The van der Waals surface area contributed by atoms with Gasteiger partial charge in [0.2, 0.25) is 0 Å². The summed E-state index contributed by atoms with van der Waals surface area (Å²) in [5, 5.41) is 2.16. The Hall–Kier alpha value is -0.710. The molecule has 11 heavy (non-hydrogen) atoms. The topological polar surface area (TPSA) is 38.3 Å².